The van der Waals surface area contributed by atoms with E-state index in [-0.39, 0.29) is 22.2 Å². The summed E-state index contributed by atoms with van der Waals surface area (Å²) in [6.07, 6.45) is 0. The van der Waals surface area contributed by atoms with Crippen LogP contribution in [0.2, 0.25) is 5.02 Å². The third-order valence-electron chi connectivity index (χ3n) is 2.49. The number of carboxylic acids is 1. The van der Waals surface area contributed by atoms with Crippen molar-refractivity contribution in [2.45, 2.75) is 6.92 Å². The van der Waals surface area contributed by atoms with Crippen LogP contribution in [0.1, 0.15) is 16.1 Å². The molecule has 1 aromatic carbocycles. The molecule has 0 unspecified atom stereocenters. The van der Waals surface area contributed by atoms with Crippen LogP contribution in [0, 0.1) is 12.7 Å². The molecule has 2 rings (SSSR count). The molecule has 0 atom stereocenters. The van der Waals surface area contributed by atoms with Crippen LogP contribution in [0.4, 0.5) is 4.39 Å². The highest BCUT2D eigenvalue weighted by atomic mass is 35.5. The molecule has 2 aromatic rings. The quantitative estimate of drug-likeness (QED) is 0.941. The highest BCUT2D eigenvalue weighted by molar-refractivity contribution is 6.30. The highest BCUT2D eigenvalue weighted by Crippen LogP contribution is 2.29. The molecule has 7 heteroatoms. The van der Waals surface area contributed by atoms with Crippen molar-refractivity contribution in [1.29, 1.82) is 0 Å². The lowest BCUT2D eigenvalue weighted by Crippen LogP contribution is -2.02. The Balaban J connectivity index is 2.43. The lowest BCUT2D eigenvalue weighted by Gasteiger charge is -2.07. The molecular formula is C12H10ClFN2O3. The maximum absolute atomic E-state index is 13.0. The summed E-state index contributed by atoms with van der Waals surface area (Å²) < 4.78 is 19.8. The number of ether oxygens (including phenoxy) is 1. The Morgan fingerprint density at radius 1 is 1.53 bits per heavy atom. The summed E-state index contributed by atoms with van der Waals surface area (Å²) in [7, 11) is 1.56. The molecule has 0 amide bonds. The van der Waals surface area contributed by atoms with Gasteiger partial charge in [-0.05, 0) is 19.1 Å². The number of aromatic nitrogens is 2. The smallest absolute Gasteiger partial charge is 0.343 e. The zero-order valence-electron chi connectivity index (χ0n) is 10.1. The van der Waals surface area contributed by atoms with Crippen LogP contribution in [-0.4, -0.2) is 20.9 Å². The van der Waals surface area contributed by atoms with E-state index in [0.717, 1.165) is 6.07 Å². The second-order valence-electron chi connectivity index (χ2n) is 3.87. The molecule has 19 heavy (non-hydrogen) atoms. The number of aromatic carboxylic acids is 1. The predicted octanol–water partition coefficient (Wildman–Crippen LogP) is 3.01. The minimum Gasteiger partial charge on any atom is -0.477 e. The molecule has 0 fully saturated rings. The molecule has 0 saturated heterocycles. The summed E-state index contributed by atoms with van der Waals surface area (Å²) in [6.45, 7) is 1.56. The molecule has 1 N–H and O–H groups in total. The zero-order chi connectivity index (χ0) is 14.2. The average molecular weight is 285 g/mol. The van der Waals surface area contributed by atoms with Gasteiger partial charge in [0.15, 0.2) is 0 Å². The number of benzene rings is 1. The van der Waals surface area contributed by atoms with E-state index in [0.29, 0.717) is 5.69 Å². The van der Waals surface area contributed by atoms with E-state index in [2.05, 4.69) is 5.10 Å². The van der Waals surface area contributed by atoms with E-state index in [1.54, 1.807) is 14.0 Å². The first-order valence-corrected chi connectivity index (χ1v) is 5.67. The van der Waals surface area contributed by atoms with Crippen molar-refractivity contribution in [3.05, 3.63) is 40.3 Å². The van der Waals surface area contributed by atoms with E-state index in [9.17, 15) is 9.18 Å². The van der Waals surface area contributed by atoms with Crippen LogP contribution in [0.25, 0.3) is 0 Å². The summed E-state index contributed by atoms with van der Waals surface area (Å²) in [6, 6.07) is 3.77. The number of aryl methyl sites for hydroxylation is 2. The lowest BCUT2D eigenvalue weighted by atomic mass is 10.2. The van der Waals surface area contributed by atoms with Gasteiger partial charge in [0.25, 0.3) is 0 Å². The fourth-order valence-corrected chi connectivity index (χ4v) is 1.82. The molecular weight excluding hydrogens is 275 g/mol. The zero-order valence-corrected chi connectivity index (χ0v) is 10.9. The van der Waals surface area contributed by atoms with E-state index in [1.165, 1.54) is 16.8 Å². The van der Waals surface area contributed by atoms with Crippen LogP contribution < -0.4 is 4.74 Å². The molecule has 1 aromatic heterocycles. The Labute approximate surface area is 113 Å². The number of nitrogens with zero attached hydrogens (tertiary/aromatic N) is 2. The van der Waals surface area contributed by atoms with Crippen molar-refractivity contribution in [2.75, 3.05) is 0 Å². The molecule has 1 heterocycles. The second kappa shape index (κ2) is 4.89. The topological polar surface area (TPSA) is 64.4 Å². The van der Waals surface area contributed by atoms with Crippen molar-refractivity contribution >= 4 is 17.6 Å². The van der Waals surface area contributed by atoms with E-state index < -0.39 is 11.8 Å². The van der Waals surface area contributed by atoms with Gasteiger partial charge in [0, 0.05) is 13.1 Å². The molecule has 0 saturated carbocycles. The Hall–Kier alpha value is -2.08. The molecule has 0 aliphatic rings. The first-order valence-electron chi connectivity index (χ1n) is 5.30. The maximum atomic E-state index is 13.0. The molecule has 5 nitrogen and oxygen atoms in total. The van der Waals surface area contributed by atoms with E-state index in [4.69, 9.17) is 21.4 Å². The third-order valence-corrected chi connectivity index (χ3v) is 2.78. The third kappa shape index (κ3) is 2.53. The van der Waals surface area contributed by atoms with Gasteiger partial charge in [0.05, 0.1) is 10.7 Å². The molecule has 100 valence electrons. The fourth-order valence-electron chi connectivity index (χ4n) is 1.65. The second-order valence-corrected chi connectivity index (χ2v) is 4.28. The van der Waals surface area contributed by atoms with Gasteiger partial charge in [-0.25, -0.2) is 13.9 Å². The summed E-state index contributed by atoms with van der Waals surface area (Å²) in [5.74, 6) is -1.42. The van der Waals surface area contributed by atoms with Crippen LogP contribution in [0.5, 0.6) is 11.6 Å². The van der Waals surface area contributed by atoms with Crippen molar-refractivity contribution in [3.63, 3.8) is 0 Å². The van der Waals surface area contributed by atoms with Gasteiger partial charge < -0.3 is 9.84 Å². The number of hydrogen-bond acceptors (Lipinski definition) is 3. The van der Waals surface area contributed by atoms with E-state index >= 15 is 0 Å². The van der Waals surface area contributed by atoms with Crippen LogP contribution in [0.15, 0.2) is 18.2 Å². The highest BCUT2D eigenvalue weighted by Gasteiger charge is 2.21. The Bertz CT molecular complexity index is 655. The number of halogens is 2. The van der Waals surface area contributed by atoms with Gasteiger partial charge in [-0.3, -0.25) is 0 Å². The molecule has 0 aliphatic carbocycles. The average Bonchev–Trinajstić information content (AvgIpc) is 2.59. The number of hydrogen-bond donors (Lipinski definition) is 1. The number of rotatable bonds is 3. The van der Waals surface area contributed by atoms with Gasteiger partial charge in [0.1, 0.15) is 17.1 Å². The minimum atomic E-state index is -1.14. The molecule has 0 aliphatic heterocycles. The summed E-state index contributed by atoms with van der Waals surface area (Å²) in [4.78, 5) is 11.1. The molecule has 0 bridgehead atoms. The van der Waals surface area contributed by atoms with Crippen LogP contribution in [-0.2, 0) is 7.05 Å². The monoisotopic (exact) mass is 284 g/mol. The predicted molar refractivity (Wildman–Crippen MR) is 66.4 cm³/mol. The maximum Gasteiger partial charge on any atom is 0.343 e. The first-order chi connectivity index (χ1) is 8.90. The molecule has 0 spiro atoms. The van der Waals surface area contributed by atoms with Crippen molar-refractivity contribution < 1.29 is 19.0 Å². The van der Waals surface area contributed by atoms with Crippen molar-refractivity contribution in [2.24, 2.45) is 7.05 Å². The SMILES string of the molecule is Cc1nn(C)c(Oc2ccc(F)c(Cl)c2)c1C(=O)O. The Morgan fingerprint density at radius 3 is 2.79 bits per heavy atom. The Kier molecular flexibility index (Phi) is 3.44. The fraction of sp³-hybridized carbons (Fsp3) is 0.167. The minimum absolute atomic E-state index is 0.0389. The summed E-state index contributed by atoms with van der Waals surface area (Å²) in [5.41, 5.74) is 0.293. The van der Waals surface area contributed by atoms with Gasteiger partial charge >= 0.3 is 5.97 Å². The number of carboxylic acid groups (broad SMARTS) is 1. The van der Waals surface area contributed by atoms with Crippen molar-refractivity contribution in [3.8, 4) is 11.6 Å². The van der Waals surface area contributed by atoms with Gasteiger partial charge in [0.2, 0.25) is 5.88 Å². The summed E-state index contributed by atoms with van der Waals surface area (Å²) >= 11 is 5.63. The lowest BCUT2D eigenvalue weighted by molar-refractivity contribution is 0.0693. The van der Waals surface area contributed by atoms with Crippen LogP contribution >= 0.6 is 11.6 Å². The molecule has 0 radical (unpaired) electrons. The standard InChI is InChI=1S/C12H10ClFN2O3/c1-6-10(12(17)18)11(16(2)15-6)19-7-3-4-9(14)8(13)5-7/h3-5H,1-2H3,(H,17,18). The largest absolute Gasteiger partial charge is 0.477 e. The van der Waals surface area contributed by atoms with Gasteiger partial charge in [-0.1, -0.05) is 11.6 Å². The summed E-state index contributed by atoms with van der Waals surface area (Å²) in [5, 5.41) is 13.0. The normalized spacial score (nSPS) is 10.5. The number of carbonyl (C=O) groups is 1. The Morgan fingerprint density at radius 2 is 2.21 bits per heavy atom. The van der Waals surface area contributed by atoms with Crippen molar-refractivity contribution in [1.82, 2.24) is 9.78 Å². The first kappa shape index (κ1) is 13.4. The van der Waals surface area contributed by atoms with Crippen LogP contribution in [0.3, 0.4) is 0 Å². The van der Waals surface area contributed by atoms with E-state index in [1.807, 2.05) is 0 Å². The van der Waals surface area contributed by atoms with Gasteiger partial charge in [-0.15, -0.1) is 0 Å². The van der Waals surface area contributed by atoms with Gasteiger partial charge in [-0.2, -0.15) is 5.10 Å².